The summed E-state index contributed by atoms with van der Waals surface area (Å²) in [6.45, 7) is 2.31. The monoisotopic (exact) mass is 287 g/mol. The minimum absolute atomic E-state index is 0.334. The van der Waals surface area contributed by atoms with Crippen LogP contribution < -0.4 is 20.5 Å². The van der Waals surface area contributed by atoms with Gasteiger partial charge in [0.2, 0.25) is 5.88 Å². The Morgan fingerprint density at radius 3 is 2.90 bits per heavy atom. The number of pyridine rings is 1. The van der Waals surface area contributed by atoms with Gasteiger partial charge in [0.25, 0.3) is 5.91 Å². The normalized spacial score (nSPS) is 10.0. The van der Waals surface area contributed by atoms with Gasteiger partial charge >= 0.3 is 0 Å². The molecule has 0 fully saturated rings. The number of methoxy groups -OCH3 is 1. The molecule has 1 amide bonds. The fourth-order valence-electron chi connectivity index (χ4n) is 1.79. The van der Waals surface area contributed by atoms with Gasteiger partial charge in [-0.05, 0) is 37.3 Å². The molecule has 110 valence electrons. The molecule has 1 aromatic carbocycles. The van der Waals surface area contributed by atoms with Crippen LogP contribution in [0.2, 0.25) is 0 Å². The first-order valence-electron chi connectivity index (χ1n) is 6.48. The Kier molecular flexibility index (Phi) is 4.61. The molecular formula is C15H17N3O3. The van der Waals surface area contributed by atoms with Crippen LogP contribution in [-0.4, -0.2) is 24.6 Å². The Labute approximate surface area is 122 Å². The molecule has 0 atom stereocenters. The van der Waals surface area contributed by atoms with Crippen molar-refractivity contribution in [3.63, 3.8) is 0 Å². The Bertz CT molecular complexity index is 644. The zero-order valence-corrected chi connectivity index (χ0v) is 11.9. The van der Waals surface area contributed by atoms with E-state index in [2.05, 4.69) is 10.3 Å². The summed E-state index contributed by atoms with van der Waals surface area (Å²) >= 11 is 0. The first-order chi connectivity index (χ1) is 10.2. The number of carbonyl (C=O) groups excluding carboxylic acids is 1. The summed E-state index contributed by atoms with van der Waals surface area (Å²) in [4.78, 5) is 16.4. The zero-order valence-electron chi connectivity index (χ0n) is 11.9. The smallest absolute Gasteiger partial charge is 0.258 e. The van der Waals surface area contributed by atoms with Crippen LogP contribution in [0.1, 0.15) is 17.3 Å². The molecule has 6 nitrogen and oxygen atoms in total. The average Bonchev–Trinajstić information content (AvgIpc) is 2.50. The molecule has 2 rings (SSSR count). The second-order valence-electron chi connectivity index (χ2n) is 4.20. The van der Waals surface area contributed by atoms with Crippen molar-refractivity contribution in [1.29, 1.82) is 0 Å². The van der Waals surface area contributed by atoms with Crippen molar-refractivity contribution in [2.45, 2.75) is 6.92 Å². The Hall–Kier alpha value is -2.76. The van der Waals surface area contributed by atoms with Gasteiger partial charge in [-0.1, -0.05) is 0 Å². The molecule has 0 radical (unpaired) electrons. The molecule has 2 aromatic rings. The fourth-order valence-corrected chi connectivity index (χ4v) is 1.79. The standard InChI is InChI=1S/C15H17N3O3/c1-3-21-15-13(5-4-8-17-15)18-14(19)11-9-10(20-2)6-7-12(11)16/h4-9H,3,16H2,1-2H3,(H,18,19). The maximum absolute atomic E-state index is 12.3. The molecule has 0 bridgehead atoms. The molecule has 21 heavy (non-hydrogen) atoms. The van der Waals surface area contributed by atoms with Gasteiger partial charge in [-0.25, -0.2) is 4.98 Å². The number of nitrogens with zero attached hydrogens (tertiary/aromatic N) is 1. The summed E-state index contributed by atoms with van der Waals surface area (Å²) in [5.74, 6) is 0.584. The summed E-state index contributed by atoms with van der Waals surface area (Å²) in [5, 5.41) is 2.74. The van der Waals surface area contributed by atoms with Crippen LogP contribution in [0.5, 0.6) is 11.6 Å². The third-order valence-corrected chi connectivity index (χ3v) is 2.81. The van der Waals surface area contributed by atoms with Crippen LogP contribution in [0.4, 0.5) is 11.4 Å². The molecule has 1 heterocycles. The SMILES string of the molecule is CCOc1ncccc1NC(=O)c1cc(OC)ccc1N. The number of hydrogen-bond donors (Lipinski definition) is 2. The van der Waals surface area contributed by atoms with Gasteiger partial charge in [0.15, 0.2) is 0 Å². The van der Waals surface area contributed by atoms with E-state index in [1.54, 1.807) is 36.5 Å². The van der Waals surface area contributed by atoms with E-state index in [-0.39, 0.29) is 5.91 Å². The first kappa shape index (κ1) is 14.6. The van der Waals surface area contributed by atoms with E-state index in [4.69, 9.17) is 15.2 Å². The number of amides is 1. The largest absolute Gasteiger partial charge is 0.497 e. The quantitative estimate of drug-likeness (QED) is 0.824. The van der Waals surface area contributed by atoms with Crippen molar-refractivity contribution < 1.29 is 14.3 Å². The van der Waals surface area contributed by atoms with E-state index >= 15 is 0 Å². The number of nitrogen functional groups attached to an aromatic ring is 1. The highest BCUT2D eigenvalue weighted by molar-refractivity contribution is 6.08. The summed E-state index contributed by atoms with van der Waals surface area (Å²) in [7, 11) is 1.53. The Morgan fingerprint density at radius 2 is 2.19 bits per heavy atom. The van der Waals surface area contributed by atoms with Crippen molar-refractivity contribution in [2.75, 3.05) is 24.8 Å². The molecule has 0 unspecified atom stereocenters. The van der Waals surface area contributed by atoms with Crippen molar-refractivity contribution >= 4 is 17.3 Å². The van der Waals surface area contributed by atoms with E-state index in [1.165, 1.54) is 7.11 Å². The molecule has 0 aliphatic heterocycles. The van der Waals surface area contributed by atoms with Crippen LogP contribution in [-0.2, 0) is 0 Å². The average molecular weight is 287 g/mol. The number of ether oxygens (including phenoxy) is 2. The fraction of sp³-hybridized carbons (Fsp3) is 0.200. The van der Waals surface area contributed by atoms with Gasteiger partial charge in [0.1, 0.15) is 11.4 Å². The summed E-state index contributed by atoms with van der Waals surface area (Å²) in [6.07, 6.45) is 1.60. The van der Waals surface area contributed by atoms with Crippen LogP contribution in [0, 0.1) is 0 Å². The third-order valence-electron chi connectivity index (χ3n) is 2.81. The zero-order chi connectivity index (χ0) is 15.2. The topological polar surface area (TPSA) is 86.5 Å². The van der Waals surface area contributed by atoms with Crippen LogP contribution in [0.15, 0.2) is 36.5 Å². The lowest BCUT2D eigenvalue weighted by Gasteiger charge is -2.11. The number of rotatable bonds is 5. The predicted octanol–water partition coefficient (Wildman–Crippen LogP) is 2.32. The minimum Gasteiger partial charge on any atom is -0.497 e. The number of nitrogens with one attached hydrogen (secondary N) is 1. The van der Waals surface area contributed by atoms with Gasteiger partial charge in [0.05, 0.1) is 19.3 Å². The predicted molar refractivity (Wildman–Crippen MR) is 80.8 cm³/mol. The highest BCUT2D eigenvalue weighted by Crippen LogP contribution is 2.24. The van der Waals surface area contributed by atoms with Gasteiger partial charge in [-0.2, -0.15) is 0 Å². The molecule has 6 heteroatoms. The number of nitrogens with two attached hydrogens (primary N) is 1. The molecule has 0 aliphatic rings. The van der Waals surface area contributed by atoms with E-state index in [0.717, 1.165) is 0 Å². The van der Waals surface area contributed by atoms with Crippen LogP contribution in [0.3, 0.4) is 0 Å². The van der Waals surface area contributed by atoms with Crippen LogP contribution >= 0.6 is 0 Å². The lowest BCUT2D eigenvalue weighted by molar-refractivity contribution is 0.102. The number of benzene rings is 1. The Balaban J connectivity index is 2.26. The summed E-state index contributed by atoms with van der Waals surface area (Å²) in [6, 6.07) is 8.34. The molecular weight excluding hydrogens is 270 g/mol. The van der Waals surface area contributed by atoms with E-state index < -0.39 is 0 Å². The number of hydrogen-bond acceptors (Lipinski definition) is 5. The number of aromatic nitrogens is 1. The van der Waals surface area contributed by atoms with Gasteiger partial charge in [-0.15, -0.1) is 0 Å². The molecule has 0 spiro atoms. The second-order valence-corrected chi connectivity index (χ2v) is 4.20. The first-order valence-corrected chi connectivity index (χ1v) is 6.48. The highest BCUT2D eigenvalue weighted by atomic mass is 16.5. The molecule has 0 saturated heterocycles. The van der Waals surface area contributed by atoms with Gasteiger partial charge in [-0.3, -0.25) is 4.79 Å². The lowest BCUT2D eigenvalue weighted by atomic mass is 10.1. The molecule has 0 aliphatic carbocycles. The molecule has 1 aromatic heterocycles. The van der Waals surface area contributed by atoms with Crippen molar-refractivity contribution in [3.05, 3.63) is 42.1 Å². The second kappa shape index (κ2) is 6.60. The summed E-state index contributed by atoms with van der Waals surface area (Å²) in [5.41, 5.74) is 7.03. The van der Waals surface area contributed by atoms with Crippen LogP contribution in [0.25, 0.3) is 0 Å². The van der Waals surface area contributed by atoms with Gasteiger partial charge < -0.3 is 20.5 Å². The lowest BCUT2D eigenvalue weighted by Crippen LogP contribution is -2.15. The maximum Gasteiger partial charge on any atom is 0.258 e. The van der Waals surface area contributed by atoms with Crippen molar-refractivity contribution in [1.82, 2.24) is 4.98 Å². The van der Waals surface area contributed by atoms with E-state index in [0.29, 0.717) is 35.2 Å². The van der Waals surface area contributed by atoms with Crippen molar-refractivity contribution in [2.24, 2.45) is 0 Å². The van der Waals surface area contributed by atoms with Crippen molar-refractivity contribution in [3.8, 4) is 11.6 Å². The van der Waals surface area contributed by atoms with Gasteiger partial charge in [0, 0.05) is 11.9 Å². The molecule has 3 N–H and O–H groups in total. The minimum atomic E-state index is -0.347. The third kappa shape index (κ3) is 3.42. The molecule has 0 saturated carbocycles. The van der Waals surface area contributed by atoms with E-state index in [1.807, 2.05) is 6.92 Å². The summed E-state index contributed by atoms with van der Waals surface area (Å²) < 4.78 is 10.5. The number of carbonyl (C=O) groups is 1. The van der Waals surface area contributed by atoms with E-state index in [9.17, 15) is 4.79 Å². The maximum atomic E-state index is 12.3. The Morgan fingerprint density at radius 1 is 1.38 bits per heavy atom. The highest BCUT2D eigenvalue weighted by Gasteiger charge is 2.14. The number of anilines is 2.